The molecular formula is C19H25N5O3. The molecule has 3 heterocycles. The molecule has 0 bridgehead atoms. The van der Waals surface area contributed by atoms with Crippen LogP contribution in [0.25, 0.3) is 0 Å². The van der Waals surface area contributed by atoms with Crippen LogP contribution in [-0.4, -0.2) is 47.0 Å². The van der Waals surface area contributed by atoms with Gasteiger partial charge in [0.05, 0.1) is 13.2 Å². The Morgan fingerprint density at radius 2 is 2.07 bits per heavy atom. The standard InChI is InChI=1S/C19H25N5O3/c1-2-3-9-24-17(25)7-6-16(22-24)19(26)21-14-15-5-4-8-20-18(15)23-10-12-27-13-11-23/h4-8H,2-3,9-14H2,1H3,(H,21,26). The fourth-order valence-corrected chi connectivity index (χ4v) is 2.93. The molecular weight excluding hydrogens is 346 g/mol. The summed E-state index contributed by atoms with van der Waals surface area (Å²) in [5.41, 5.74) is 0.983. The summed E-state index contributed by atoms with van der Waals surface area (Å²) in [6.07, 6.45) is 3.55. The van der Waals surface area contributed by atoms with Gasteiger partial charge >= 0.3 is 0 Å². The molecule has 1 N–H and O–H groups in total. The Bertz CT molecular complexity index is 830. The van der Waals surface area contributed by atoms with Crippen molar-refractivity contribution >= 4 is 11.7 Å². The molecule has 0 saturated carbocycles. The van der Waals surface area contributed by atoms with Crippen LogP contribution in [0, 0.1) is 0 Å². The molecule has 1 fully saturated rings. The number of morpholine rings is 1. The van der Waals surface area contributed by atoms with E-state index in [-0.39, 0.29) is 17.2 Å². The van der Waals surface area contributed by atoms with Crippen LogP contribution < -0.4 is 15.8 Å². The van der Waals surface area contributed by atoms with E-state index < -0.39 is 0 Å². The maximum Gasteiger partial charge on any atom is 0.271 e. The Labute approximate surface area is 158 Å². The average molecular weight is 371 g/mol. The van der Waals surface area contributed by atoms with Gasteiger partial charge in [0.2, 0.25) is 0 Å². The number of nitrogens with zero attached hydrogens (tertiary/aromatic N) is 4. The number of carbonyl (C=O) groups is 1. The monoisotopic (exact) mass is 371 g/mol. The van der Waals surface area contributed by atoms with Gasteiger partial charge < -0.3 is 15.0 Å². The maximum absolute atomic E-state index is 12.5. The van der Waals surface area contributed by atoms with E-state index in [4.69, 9.17) is 4.74 Å². The van der Waals surface area contributed by atoms with E-state index in [0.717, 1.165) is 37.3 Å². The number of aryl methyl sites for hydroxylation is 1. The summed E-state index contributed by atoms with van der Waals surface area (Å²) in [7, 11) is 0. The van der Waals surface area contributed by atoms with Crippen molar-refractivity contribution in [1.82, 2.24) is 20.1 Å². The fourth-order valence-electron chi connectivity index (χ4n) is 2.93. The van der Waals surface area contributed by atoms with Gasteiger partial charge in [-0.25, -0.2) is 9.67 Å². The number of aromatic nitrogens is 3. The molecule has 1 aliphatic rings. The molecule has 0 aliphatic carbocycles. The molecule has 1 saturated heterocycles. The topological polar surface area (TPSA) is 89.3 Å². The van der Waals surface area contributed by atoms with Crippen molar-refractivity contribution in [3.63, 3.8) is 0 Å². The summed E-state index contributed by atoms with van der Waals surface area (Å²) in [6, 6.07) is 6.66. The zero-order valence-corrected chi connectivity index (χ0v) is 15.6. The van der Waals surface area contributed by atoms with Crippen molar-refractivity contribution in [3.05, 3.63) is 52.1 Å². The molecule has 2 aromatic rings. The van der Waals surface area contributed by atoms with Crippen LogP contribution in [0.4, 0.5) is 5.82 Å². The first-order chi connectivity index (χ1) is 13.2. The van der Waals surface area contributed by atoms with Crippen LogP contribution in [0.3, 0.4) is 0 Å². The number of amides is 1. The molecule has 0 spiro atoms. The fraction of sp³-hybridized carbons (Fsp3) is 0.474. The predicted octanol–water partition coefficient (Wildman–Crippen LogP) is 1.20. The normalized spacial score (nSPS) is 14.2. The maximum atomic E-state index is 12.5. The Hall–Kier alpha value is -2.74. The molecule has 3 rings (SSSR count). The van der Waals surface area contributed by atoms with E-state index in [2.05, 4.69) is 20.3 Å². The molecule has 0 aromatic carbocycles. The van der Waals surface area contributed by atoms with Crippen LogP contribution in [0.2, 0.25) is 0 Å². The third kappa shape index (κ3) is 4.91. The van der Waals surface area contributed by atoms with E-state index in [1.807, 2.05) is 19.1 Å². The van der Waals surface area contributed by atoms with E-state index in [9.17, 15) is 9.59 Å². The lowest BCUT2D eigenvalue weighted by Crippen LogP contribution is -2.38. The first kappa shape index (κ1) is 19.0. The molecule has 1 aliphatic heterocycles. The molecule has 8 nitrogen and oxygen atoms in total. The van der Waals surface area contributed by atoms with E-state index in [1.54, 1.807) is 6.20 Å². The molecule has 1 amide bonds. The molecule has 2 aromatic heterocycles. The predicted molar refractivity (Wildman–Crippen MR) is 102 cm³/mol. The summed E-state index contributed by atoms with van der Waals surface area (Å²) >= 11 is 0. The molecule has 0 radical (unpaired) electrons. The van der Waals surface area contributed by atoms with Crippen molar-refractivity contribution in [2.75, 3.05) is 31.2 Å². The van der Waals surface area contributed by atoms with Crippen LogP contribution in [0.1, 0.15) is 35.8 Å². The highest BCUT2D eigenvalue weighted by molar-refractivity contribution is 5.92. The number of hydrogen-bond donors (Lipinski definition) is 1. The highest BCUT2D eigenvalue weighted by Crippen LogP contribution is 2.18. The highest BCUT2D eigenvalue weighted by Gasteiger charge is 2.17. The van der Waals surface area contributed by atoms with Crippen molar-refractivity contribution in [2.45, 2.75) is 32.9 Å². The molecule has 27 heavy (non-hydrogen) atoms. The second kappa shape index (κ2) is 9.27. The number of hydrogen-bond acceptors (Lipinski definition) is 6. The number of nitrogens with one attached hydrogen (secondary N) is 1. The number of pyridine rings is 1. The first-order valence-electron chi connectivity index (χ1n) is 9.32. The van der Waals surface area contributed by atoms with Gasteiger partial charge in [0.25, 0.3) is 11.5 Å². The van der Waals surface area contributed by atoms with Crippen molar-refractivity contribution in [2.24, 2.45) is 0 Å². The lowest BCUT2D eigenvalue weighted by Gasteiger charge is -2.29. The zero-order chi connectivity index (χ0) is 19.1. The van der Waals surface area contributed by atoms with Crippen LogP contribution in [0.5, 0.6) is 0 Å². The second-order valence-electron chi connectivity index (χ2n) is 6.40. The molecule has 0 atom stereocenters. The van der Waals surface area contributed by atoms with Gasteiger partial charge in [-0.05, 0) is 18.6 Å². The smallest absolute Gasteiger partial charge is 0.271 e. The average Bonchev–Trinajstić information content (AvgIpc) is 2.72. The minimum absolute atomic E-state index is 0.193. The summed E-state index contributed by atoms with van der Waals surface area (Å²) in [5, 5.41) is 7.07. The number of rotatable bonds is 7. The van der Waals surface area contributed by atoms with Crippen LogP contribution in [-0.2, 0) is 17.8 Å². The summed E-state index contributed by atoms with van der Waals surface area (Å²) < 4.78 is 6.74. The first-order valence-corrected chi connectivity index (χ1v) is 9.32. The van der Waals surface area contributed by atoms with Gasteiger partial charge in [0, 0.05) is 44.0 Å². The Balaban J connectivity index is 1.68. The van der Waals surface area contributed by atoms with Crippen molar-refractivity contribution in [1.29, 1.82) is 0 Å². The Morgan fingerprint density at radius 1 is 1.26 bits per heavy atom. The van der Waals surface area contributed by atoms with Crippen molar-refractivity contribution < 1.29 is 9.53 Å². The molecule has 8 heteroatoms. The Morgan fingerprint density at radius 3 is 2.85 bits per heavy atom. The van der Waals surface area contributed by atoms with E-state index in [0.29, 0.717) is 26.3 Å². The SMILES string of the molecule is CCCCn1nc(C(=O)NCc2cccnc2N2CCOCC2)ccc1=O. The number of anilines is 1. The third-order valence-corrected chi connectivity index (χ3v) is 4.44. The van der Waals surface area contributed by atoms with Gasteiger partial charge in [0.15, 0.2) is 0 Å². The summed E-state index contributed by atoms with van der Waals surface area (Å²) in [4.78, 5) is 31.0. The minimum atomic E-state index is -0.308. The molecule has 144 valence electrons. The quantitative estimate of drug-likeness (QED) is 0.787. The number of unbranched alkanes of at least 4 members (excludes halogenated alkanes) is 1. The van der Waals surface area contributed by atoms with E-state index >= 15 is 0 Å². The van der Waals surface area contributed by atoms with Crippen LogP contribution >= 0.6 is 0 Å². The van der Waals surface area contributed by atoms with Gasteiger partial charge in [0.1, 0.15) is 11.5 Å². The summed E-state index contributed by atoms with van der Waals surface area (Å²) in [6.45, 7) is 5.80. The lowest BCUT2D eigenvalue weighted by atomic mass is 10.2. The van der Waals surface area contributed by atoms with Gasteiger partial charge in [-0.2, -0.15) is 5.10 Å². The van der Waals surface area contributed by atoms with Crippen molar-refractivity contribution in [3.8, 4) is 0 Å². The van der Waals surface area contributed by atoms with Gasteiger partial charge in [-0.15, -0.1) is 0 Å². The minimum Gasteiger partial charge on any atom is -0.378 e. The largest absolute Gasteiger partial charge is 0.378 e. The Kier molecular flexibility index (Phi) is 6.54. The second-order valence-corrected chi connectivity index (χ2v) is 6.40. The van der Waals surface area contributed by atoms with Crippen LogP contribution in [0.15, 0.2) is 35.3 Å². The van der Waals surface area contributed by atoms with E-state index in [1.165, 1.54) is 16.8 Å². The number of ether oxygens (including phenoxy) is 1. The zero-order valence-electron chi connectivity index (χ0n) is 15.6. The lowest BCUT2D eigenvalue weighted by molar-refractivity contribution is 0.0943. The highest BCUT2D eigenvalue weighted by atomic mass is 16.5. The van der Waals surface area contributed by atoms with Gasteiger partial charge in [-0.1, -0.05) is 19.4 Å². The number of carbonyl (C=O) groups excluding carboxylic acids is 1. The third-order valence-electron chi connectivity index (χ3n) is 4.44. The summed E-state index contributed by atoms with van der Waals surface area (Å²) in [5.74, 6) is 0.555. The molecule has 0 unspecified atom stereocenters. The van der Waals surface area contributed by atoms with Gasteiger partial charge in [-0.3, -0.25) is 9.59 Å².